The molecule has 2 aromatic rings. The summed E-state index contributed by atoms with van der Waals surface area (Å²) >= 11 is 0. The third-order valence-corrected chi connectivity index (χ3v) is 2.80. The van der Waals surface area contributed by atoms with E-state index in [-0.39, 0.29) is 0 Å². The Kier molecular flexibility index (Phi) is 4.20. The first-order valence-corrected chi connectivity index (χ1v) is 6.28. The van der Waals surface area contributed by atoms with Gasteiger partial charge in [0.25, 0.3) is 0 Å². The van der Waals surface area contributed by atoms with E-state index in [4.69, 9.17) is 4.74 Å². The van der Waals surface area contributed by atoms with Gasteiger partial charge >= 0.3 is 0 Å². The van der Waals surface area contributed by atoms with Gasteiger partial charge in [0.2, 0.25) is 0 Å². The third-order valence-electron chi connectivity index (χ3n) is 2.80. The normalized spacial score (nSPS) is 9.63. The number of hydrogen-bond donors (Lipinski definition) is 0. The quantitative estimate of drug-likeness (QED) is 0.763. The van der Waals surface area contributed by atoms with Crippen molar-refractivity contribution in [1.29, 1.82) is 0 Å². The highest BCUT2D eigenvalue weighted by atomic mass is 16.5. The molecule has 0 saturated heterocycles. The molecule has 0 radical (unpaired) electrons. The third kappa shape index (κ3) is 3.59. The Morgan fingerprint density at radius 3 is 2.37 bits per heavy atom. The minimum Gasteiger partial charge on any atom is -0.480 e. The predicted molar refractivity (Wildman–Crippen MR) is 77.3 cm³/mol. The second-order valence-electron chi connectivity index (χ2n) is 4.48. The summed E-state index contributed by atoms with van der Waals surface area (Å²) in [6.07, 6.45) is 0. The maximum absolute atomic E-state index is 5.72. The van der Waals surface area contributed by atoms with Crippen LogP contribution in [0.2, 0.25) is 0 Å². The molecule has 0 N–H and O–H groups in total. The van der Waals surface area contributed by atoms with Crippen LogP contribution in [0.15, 0.2) is 36.4 Å². The number of benzene rings is 1. The highest BCUT2D eigenvalue weighted by Gasteiger charge is 2.01. The summed E-state index contributed by atoms with van der Waals surface area (Å²) in [6, 6.07) is 11.9. The van der Waals surface area contributed by atoms with Gasteiger partial charge in [-0.1, -0.05) is 30.2 Å². The number of aromatic nitrogens is 1. The van der Waals surface area contributed by atoms with Crippen molar-refractivity contribution in [2.75, 3.05) is 6.61 Å². The molecule has 19 heavy (non-hydrogen) atoms. The van der Waals surface area contributed by atoms with Crippen LogP contribution in [-0.4, -0.2) is 11.6 Å². The van der Waals surface area contributed by atoms with Crippen molar-refractivity contribution in [3.8, 4) is 17.6 Å². The molecule has 0 fully saturated rings. The summed E-state index contributed by atoms with van der Waals surface area (Å²) in [6.45, 7) is 6.41. The summed E-state index contributed by atoms with van der Waals surface area (Å²) in [5.74, 6) is 6.93. The Morgan fingerprint density at radius 1 is 1.00 bits per heavy atom. The Hall–Kier alpha value is -2.27. The molecule has 0 aliphatic carbocycles. The van der Waals surface area contributed by atoms with Crippen molar-refractivity contribution < 1.29 is 4.74 Å². The molecular formula is C17H17NO. The van der Waals surface area contributed by atoms with E-state index in [0.717, 1.165) is 28.3 Å². The van der Waals surface area contributed by atoms with E-state index in [2.05, 4.69) is 16.8 Å². The zero-order valence-corrected chi connectivity index (χ0v) is 11.5. The van der Waals surface area contributed by atoms with Crippen LogP contribution in [0.25, 0.3) is 0 Å². The van der Waals surface area contributed by atoms with Crippen molar-refractivity contribution in [2.24, 2.45) is 0 Å². The van der Waals surface area contributed by atoms with E-state index >= 15 is 0 Å². The lowest BCUT2D eigenvalue weighted by molar-refractivity contribution is 0.365. The van der Waals surface area contributed by atoms with Gasteiger partial charge in [-0.15, -0.1) is 0 Å². The van der Waals surface area contributed by atoms with E-state index in [9.17, 15) is 0 Å². The van der Waals surface area contributed by atoms with E-state index in [1.54, 1.807) is 0 Å². The molecule has 2 heteroatoms. The molecule has 0 bridgehead atoms. The van der Waals surface area contributed by atoms with Crippen LogP contribution in [0.5, 0.6) is 5.75 Å². The Labute approximate surface area is 114 Å². The Balaban J connectivity index is 2.01. The van der Waals surface area contributed by atoms with Gasteiger partial charge in [0.1, 0.15) is 18.1 Å². The summed E-state index contributed by atoms with van der Waals surface area (Å²) in [5.41, 5.74) is 4.03. The van der Waals surface area contributed by atoms with Crippen LogP contribution in [-0.2, 0) is 0 Å². The minimum absolute atomic E-state index is 0.376. The van der Waals surface area contributed by atoms with Crippen LogP contribution in [0.1, 0.15) is 22.5 Å². The van der Waals surface area contributed by atoms with E-state index < -0.39 is 0 Å². The first-order chi connectivity index (χ1) is 9.16. The van der Waals surface area contributed by atoms with Gasteiger partial charge in [-0.2, -0.15) is 0 Å². The van der Waals surface area contributed by atoms with Gasteiger partial charge in [0.05, 0.1) is 0 Å². The molecule has 0 saturated carbocycles. The molecule has 1 aromatic heterocycles. The first kappa shape index (κ1) is 13.2. The van der Waals surface area contributed by atoms with Crippen LogP contribution < -0.4 is 4.74 Å². The van der Waals surface area contributed by atoms with Gasteiger partial charge in [-0.25, -0.2) is 4.98 Å². The second kappa shape index (κ2) is 6.06. The van der Waals surface area contributed by atoms with Crippen LogP contribution >= 0.6 is 0 Å². The van der Waals surface area contributed by atoms with Crippen LogP contribution in [0, 0.1) is 32.6 Å². The highest BCUT2D eigenvalue weighted by molar-refractivity contribution is 5.40. The highest BCUT2D eigenvalue weighted by Crippen LogP contribution is 2.21. The number of nitrogens with zero attached hydrogens (tertiary/aromatic N) is 1. The molecule has 2 rings (SSSR count). The summed E-state index contributed by atoms with van der Waals surface area (Å²) in [5, 5.41) is 0. The maximum Gasteiger partial charge on any atom is 0.149 e. The van der Waals surface area contributed by atoms with E-state index in [0.29, 0.717) is 6.61 Å². The lowest BCUT2D eigenvalue weighted by Crippen LogP contribution is -1.98. The average Bonchev–Trinajstić information content (AvgIpc) is 2.37. The Morgan fingerprint density at radius 2 is 1.68 bits per heavy atom. The van der Waals surface area contributed by atoms with Gasteiger partial charge in [0, 0.05) is 5.69 Å². The van der Waals surface area contributed by atoms with Gasteiger partial charge in [-0.05, 0) is 50.0 Å². The minimum atomic E-state index is 0.376. The number of pyridine rings is 1. The monoisotopic (exact) mass is 251 g/mol. The second-order valence-corrected chi connectivity index (χ2v) is 4.48. The lowest BCUT2D eigenvalue weighted by Gasteiger charge is -2.08. The maximum atomic E-state index is 5.72. The largest absolute Gasteiger partial charge is 0.480 e. The molecule has 0 unspecified atom stereocenters. The van der Waals surface area contributed by atoms with Gasteiger partial charge in [0.15, 0.2) is 0 Å². The fourth-order valence-electron chi connectivity index (χ4n) is 1.87. The van der Waals surface area contributed by atoms with Gasteiger partial charge < -0.3 is 4.74 Å². The zero-order valence-electron chi connectivity index (χ0n) is 11.5. The number of para-hydroxylation sites is 1. The number of aryl methyl sites for hydroxylation is 3. The van der Waals surface area contributed by atoms with E-state index in [1.807, 2.05) is 57.2 Å². The number of hydrogen-bond acceptors (Lipinski definition) is 2. The smallest absolute Gasteiger partial charge is 0.149 e. The van der Waals surface area contributed by atoms with Gasteiger partial charge in [-0.3, -0.25) is 0 Å². The molecule has 0 amide bonds. The molecule has 2 nitrogen and oxygen atoms in total. The van der Waals surface area contributed by atoms with Crippen LogP contribution in [0.3, 0.4) is 0 Å². The van der Waals surface area contributed by atoms with Crippen molar-refractivity contribution in [2.45, 2.75) is 20.8 Å². The molecule has 0 aliphatic heterocycles. The average molecular weight is 251 g/mol. The van der Waals surface area contributed by atoms with Crippen molar-refractivity contribution in [3.05, 3.63) is 58.9 Å². The molecule has 0 spiro atoms. The Bertz CT molecular complexity index is 615. The van der Waals surface area contributed by atoms with Crippen molar-refractivity contribution in [3.63, 3.8) is 0 Å². The SMILES string of the molecule is Cc1cccc(C#CCOc2c(C)cccc2C)n1. The molecule has 96 valence electrons. The first-order valence-electron chi connectivity index (χ1n) is 6.28. The number of rotatable bonds is 2. The number of ether oxygens (including phenoxy) is 1. The molecule has 0 aliphatic rings. The summed E-state index contributed by atoms with van der Waals surface area (Å²) in [7, 11) is 0. The molecular weight excluding hydrogens is 234 g/mol. The van der Waals surface area contributed by atoms with E-state index in [1.165, 1.54) is 0 Å². The van der Waals surface area contributed by atoms with Crippen molar-refractivity contribution >= 4 is 0 Å². The summed E-state index contributed by atoms with van der Waals surface area (Å²) in [4.78, 5) is 4.32. The topological polar surface area (TPSA) is 22.1 Å². The fraction of sp³-hybridized carbons (Fsp3) is 0.235. The molecule has 1 heterocycles. The zero-order chi connectivity index (χ0) is 13.7. The molecule has 0 atom stereocenters. The molecule has 1 aromatic carbocycles. The van der Waals surface area contributed by atoms with Crippen LogP contribution in [0.4, 0.5) is 0 Å². The summed E-state index contributed by atoms with van der Waals surface area (Å²) < 4.78 is 5.72. The lowest BCUT2D eigenvalue weighted by atomic mass is 10.1. The van der Waals surface area contributed by atoms with Crippen molar-refractivity contribution in [1.82, 2.24) is 4.98 Å². The predicted octanol–water partition coefficient (Wildman–Crippen LogP) is 3.44. The fourth-order valence-corrected chi connectivity index (χ4v) is 1.87. The standard InChI is InChI=1S/C17H17NO/c1-13-7-4-8-14(2)17(13)19-12-6-11-16-10-5-9-15(3)18-16/h4-5,7-10H,12H2,1-3H3.